The maximum absolute atomic E-state index is 11.6. The van der Waals surface area contributed by atoms with Crippen LogP contribution in [0.3, 0.4) is 0 Å². The van der Waals surface area contributed by atoms with Crippen LogP contribution in [0.15, 0.2) is 40.9 Å². The highest BCUT2D eigenvalue weighted by Crippen LogP contribution is 2.12. The van der Waals surface area contributed by atoms with E-state index in [4.69, 9.17) is 0 Å². The number of carbonyl (C=O) groups excluding carboxylic acids is 1. The molecule has 2 heterocycles. The molecule has 2 aromatic rings. The van der Waals surface area contributed by atoms with E-state index in [0.717, 1.165) is 25.0 Å². The van der Waals surface area contributed by atoms with Gasteiger partial charge in [0, 0.05) is 24.5 Å². The molecule has 2 aromatic heterocycles. The average molecular weight is 289 g/mol. The molecule has 0 fully saturated rings. The number of aryl methyl sites for hydroxylation is 2. The van der Waals surface area contributed by atoms with Gasteiger partial charge in [-0.3, -0.25) is 4.79 Å². The smallest absolute Gasteiger partial charge is 0.240 e. The Morgan fingerprint density at radius 3 is 3.00 bits per heavy atom. The zero-order valence-corrected chi connectivity index (χ0v) is 12.4. The van der Waals surface area contributed by atoms with Gasteiger partial charge >= 0.3 is 0 Å². The molecule has 1 amide bonds. The van der Waals surface area contributed by atoms with E-state index in [2.05, 4.69) is 28.0 Å². The molecule has 0 aliphatic heterocycles. The molecule has 0 aromatic carbocycles. The van der Waals surface area contributed by atoms with Gasteiger partial charge in [0.2, 0.25) is 5.91 Å². The maximum atomic E-state index is 11.6. The molecule has 0 spiro atoms. The Morgan fingerprint density at radius 1 is 1.40 bits per heavy atom. The van der Waals surface area contributed by atoms with Crippen molar-refractivity contribution in [2.45, 2.75) is 25.7 Å². The second-order valence-corrected chi connectivity index (χ2v) is 5.66. The Balaban J connectivity index is 1.61. The van der Waals surface area contributed by atoms with Gasteiger partial charge in [-0.05, 0) is 42.8 Å². The van der Waals surface area contributed by atoms with Crippen LogP contribution in [0.4, 0.5) is 0 Å². The first-order chi connectivity index (χ1) is 9.75. The summed E-state index contributed by atoms with van der Waals surface area (Å²) < 4.78 is 1.94. The van der Waals surface area contributed by atoms with Crippen LogP contribution >= 0.6 is 11.3 Å². The van der Waals surface area contributed by atoms with E-state index < -0.39 is 0 Å². The van der Waals surface area contributed by atoms with E-state index >= 15 is 0 Å². The van der Waals surface area contributed by atoms with Crippen LogP contribution in [0.25, 0.3) is 0 Å². The zero-order valence-electron chi connectivity index (χ0n) is 11.6. The van der Waals surface area contributed by atoms with Gasteiger partial charge < -0.3 is 4.57 Å². The highest BCUT2D eigenvalue weighted by Gasteiger charge is 2.00. The summed E-state index contributed by atoms with van der Waals surface area (Å²) in [6.45, 7) is 0. The molecule has 0 radical (unpaired) electrons. The van der Waals surface area contributed by atoms with E-state index in [9.17, 15) is 4.79 Å². The summed E-state index contributed by atoms with van der Waals surface area (Å²) in [5, 5.41) is 6.04. The number of hydrazone groups is 1. The topological polar surface area (TPSA) is 46.4 Å². The normalized spacial score (nSPS) is 11.1. The minimum Gasteiger partial charge on any atom is -0.350 e. The summed E-state index contributed by atoms with van der Waals surface area (Å²) in [4.78, 5) is 13.0. The Kier molecular flexibility index (Phi) is 5.55. The van der Waals surface area contributed by atoms with Crippen molar-refractivity contribution in [3.8, 4) is 0 Å². The van der Waals surface area contributed by atoms with Crippen LogP contribution in [0.2, 0.25) is 0 Å². The number of nitrogens with zero attached hydrogens (tertiary/aromatic N) is 2. The van der Waals surface area contributed by atoms with E-state index in [0.29, 0.717) is 6.42 Å². The third-order valence-corrected chi connectivity index (χ3v) is 3.96. The molecule has 20 heavy (non-hydrogen) atoms. The number of unbranched alkanes of at least 4 members (excludes halogenated alkanes) is 1. The van der Waals surface area contributed by atoms with Gasteiger partial charge in [-0.1, -0.05) is 6.07 Å². The fraction of sp³-hybridized carbons (Fsp3) is 0.333. The molecule has 0 saturated heterocycles. The quantitative estimate of drug-likeness (QED) is 0.475. The van der Waals surface area contributed by atoms with Crippen molar-refractivity contribution in [1.29, 1.82) is 0 Å². The van der Waals surface area contributed by atoms with Crippen molar-refractivity contribution in [1.82, 2.24) is 9.99 Å². The lowest BCUT2D eigenvalue weighted by atomic mass is 10.2. The van der Waals surface area contributed by atoms with Crippen LogP contribution in [-0.4, -0.2) is 16.7 Å². The standard InChI is InChI=1S/C15H19N3OS/c1-18-10-4-6-13(18)12-16-17-15(19)9-3-2-7-14-8-5-11-20-14/h4-6,8,10-12H,2-3,7,9H2,1H3,(H,17,19)/b16-12+. The Hall–Kier alpha value is -1.88. The Morgan fingerprint density at radius 2 is 2.30 bits per heavy atom. The summed E-state index contributed by atoms with van der Waals surface area (Å²) in [7, 11) is 1.94. The van der Waals surface area contributed by atoms with Gasteiger partial charge in [-0.15, -0.1) is 11.3 Å². The molecule has 0 saturated carbocycles. The fourth-order valence-corrected chi connectivity index (χ4v) is 2.63. The molecule has 0 aliphatic carbocycles. The fourth-order valence-electron chi connectivity index (χ4n) is 1.87. The molecule has 0 atom stereocenters. The summed E-state index contributed by atoms with van der Waals surface area (Å²) in [6, 6.07) is 8.07. The van der Waals surface area contributed by atoms with Crippen molar-refractivity contribution in [2.75, 3.05) is 0 Å². The third kappa shape index (κ3) is 4.66. The minimum atomic E-state index is -0.0263. The average Bonchev–Trinajstić information content (AvgIpc) is 3.07. The van der Waals surface area contributed by atoms with Gasteiger partial charge in [0.05, 0.1) is 11.9 Å². The summed E-state index contributed by atoms with van der Waals surface area (Å²) in [5.74, 6) is -0.0263. The van der Waals surface area contributed by atoms with Crippen molar-refractivity contribution in [3.05, 3.63) is 46.4 Å². The molecule has 5 heteroatoms. The Labute approximate surface area is 123 Å². The first kappa shape index (κ1) is 14.5. The Bertz CT molecular complexity index is 557. The highest BCUT2D eigenvalue weighted by molar-refractivity contribution is 7.09. The van der Waals surface area contributed by atoms with Crippen molar-refractivity contribution in [2.24, 2.45) is 12.1 Å². The largest absolute Gasteiger partial charge is 0.350 e. The van der Waals surface area contributed by atoms with E-state index in [1.807, 2.05) is 29.9 Å². The van der Waals surface area contributed by atoms with Gasteiger partial charge in [-0.2, -0.15) is 5.10 Å². The summed E-state index contributed by atoms with van der Waals surface area (Å²) in [5.41, 5.74) is 3.52. The van der Waals surface area contributed by atoms with Crippen LogP contribution in [0.5, 0.6) is 0 Å². The first-order valence-electron chi connectivity index (χ1n) is 6.71. The molecule has 1 N–H and O–H groups in total. The van der Waals surface area contributed by atoms with Crippen LogP contribution in [0.1, 0.15) is 29.8 Å². The molecule has 0 aliphatic rings. The summed E-state index contributed by atoms with van der Waals surface area (Å²) in [6.07, 6.45) is 7.10. The minimum absolute atomic E-state index is 0.0263. The number of aromatic nitrogens is 1. The van der Waals surface area contributed by atoms with Crippen LogP contribution in [0, 0.1) is 0 Å². The molecule has 0 bridgehead atoms. The molecular weight excluding hydrogens is 270 g/mol. The van der Waals surface area contributed by atoms with Crippen LogP contribution in [-0.2, 0) is 18.3 Å². The number of thiophene rings is 1. The lowest BCUT2D eigenvalue weighted by molar-refractivity contribution is -0.121. The van der Waals surface area contributed by atoms with Gasteiger partial charge in [0.15, 0.2) is 0 Å². The molecule has 4 nitrogen and oxygen atoms in total. The van der Waals surface area contributed by atoms with Crippen molar-refractivity contribution in [3.63, 3.8) is 0 Å². The maximum Gasteiger partial charge on any atom is 0.240 e. The highest BCUT2D eigenvalue weighted by atomic mass is 32.1. The predicted molar refractivity (Wildman–Crippen MR) is 83.0 cm³/mol. The van der Waals surface area contributed by atoms with Gasteiger partial charge in [-0.25, -0.2) is 5.43 Å². The monoisotopic (exact) mass is 289 g/mol. The SMILES string of the molecule is Cn1cccc1/C=N/NC(=O)CCCCc1cccs1. The second kappa shape index (κ2) is 7.65. The van der Waals surface area contributed by atoms with Crippen molar-refractivity contribution < 1.29 is 4.79 Å². The first-order valence-corrected chi connectivity index (χ1v) is 7.59. The molecule has 2 rings (SSSR count). The second-order valence-electron chi connectivity index (χ2n) is 4.62. The number of rotatable bonds is 7. The summed E-state index contributed by atoms with van der Waals surface area (Å²) >= 11 is 1.77. The number of nitrogens with one attached hydrogen (secondary N) is 1. The lowest BCUT2D eigenvalue weighted by Crippen LogP contribution is -2.17. The molecule has 0 unspecified atom stereocenters. The number of carbonyl (C=O) groups is 1. The number of hydrogen-bond donors (Lipinski definition) is 1. The molecular formula is C15H19N3OS. The molecule has 106 valence electrons. The third-order valence-electron chi connectivity index (χ3n) is 3.03. The van der Waals surface area contributed by atoms with Crippen LogP contribution < -0.4 is 5.43 Å². The predicted octanol–water partition coefficient (Wildman–Crippen LogP) is 2.95. The number of hydrogen-bond acceptors (Lipinski definition) is 3. The van der Waals surface area contributed by atoms with E-state index in [1.165, 1.54) is 4.88 Å². The van der Waals surface area contributed by atoms with Crippen molar-refractivity contribution >= 4 is 23.5 Å². The van der Waals surface area contributed by atoms with E-state index in [-0.39, 0.29) is 5.91 Å². The van der Waals surface area contributed by atoms with Gasteiger partial charge in [0.1, 0.15) is 0 Å². The van der Waals surface area contributed by atoms with Gasteiger partial charge in [0.25, 0.3) is 0 Å². The number of amides is 1. The lowest BCUT2D eigenvalue weighted by Gasteiger charge is -2.00. The zero-order chi connectivity index (χ0) is 14.2. The van der Waals surface area contributed by atoms with E-state index in [1.54, 1.807) is 17.6 Å².